The van der Waals surface area contributed by atoms with Crippen LogP contribution in [-0.2, 0) is 13.2 Å². The largest absolute Gasteiger partial charge is 0.493 e. The quantitative estimate of drug-likeness (QED) is 0.647. The van der Waals surface area contributed by atoms with Gasteiger partial charge < -0.3 is 4.74 Å². The number of nitrogens with zero attached hydrogens (tertiary/aromatic N) is 2. The summed E-state index contributed by atoms with van der Waals surface area (Å²) in [5.41, 5.74) is -2.19. The van der Waals surface area contributed by atoms with Crippen LogP contribution in [0.1, 0.15) is 21.6 Å². The van der Waals surface area contributed by atoms with Gasteiger partial charge >= 0.3 is 6.18 Å². The smallest absolute Gasteiger partial charge is 0.417 e. The fraction of sp³-hybridized carbons (Fsp3) is 0.231. The number of carbonyl (C=O) groups is 1. The van der Waals surface area contributed by atoms with Crippen molar-refractivity contribution in [1.82, 2.24) is 9.78 Å². The summed E-state index contributed by atoms with van der Waals surface area (Å²) in [6.45, 7) is 0. The molecule has 0 radical (unpaired) electrons. The number of halogens is 4. The summed E-state index contributed by atoms with van der Waals surface area (Å²) in [4.78, 5) is 12.3. The van der Waals surface area contributed by atoms with Crippen LogP contribution in [0.5, 0.6) is 5.75 Å². The molecule has 4 nitrogen and oxygen atoms in total. The van der Waals surface area contributed by atoms with Crippen LogP contribution >= 0.6 is 0 Å². The lowest BCUT2D eigenvalue weighted by molar-refractivity contribution is -0.137. The van der Waals surface area contributed by atoms with E-state index in [1.54, 1.807) is 0 Å². The minimum Gasteiger partial charge on any atom is -0.493 e. The second-order valence-corrected chi connectivity index (χ2v) is 4.20. The number of ketones is 1. The van der Waals surface area contributed by atoms with Gasteiger partial charge in [-0.2, -0.15) is 18.3 Å². The Balaban J connectivity index is 2.63. The Bertz CT molecular complexity index is 692. The van der Waals surface area contributed by atoms with E-state index in [0.29, 0.717) is 18.2 Å². The van der Waals surface area contributed by atoms with Gasteiger partial charge in [-0.05, 0) is 18.2 Å². The van der Waals surface area contributed by atoms with E-state index in [1.807, 2.05) is 0 Å². The van der Waals surface area contributed by atoms with Gasteiger partial charge in [0.15, 0.2) is 11.4 Å². The second-order valence-electron chi connectivity index (χ2n) is 4.20. The van der Waals surface area contributed by atoms with Gasteiger partial charge in [0.05, 0.1) is 18.9 Å². The molecule has 0 atom stereocenters. The van der Waals surface area contributed by atoms with Crippen molar-refractivity contribution < 1.29 is 27.1 Å². The molecule has 0 saturated heterocycles. The van der Waals surface area contributed by atoms with Crippen molar-refractivity contribution in [3.63, 3.8) is 0 Å². The SMILES string of the molecule is COc1cnn(C)c1C(=O)c1cc(F)ccc1C(F)(F)F. The predicted molar refractivity (Wildman–Crippen MR) is 64.6 cm³/mol. The van der Waals surface area contributed by atoms with Crippen LogP contribution in [0.15, 0.2) is 24.4 Å². The van der Waals surface area contributed by atoms with Gasteiger partial charge in [0, 0.05) is 12.6 Å². The highest BCUT2D eigenvalue weighted by Gasteiger charge is 2.36. The average Bonchev–Trinajstić information content (AvgIpc) is 2.77. The number of carbonyl (C=O) groups excluding carboxylic acids is 1. The molecule has 0 amide bonds. The first kappa shape index (κ1) is 15.0. The molecule has 1 aromatic heterocycles. The highest BCUT2D eigenvalue weighted by molar-refractivity contribution is 6.10. The lowest BCUT2D eigenvalue weighted by Crippen LogP contribution is -2.17. The summed E-state index contributed by atoms with van der Waals surface area (Å²) in [6, 6.07) is 1.74. The van der Waals surface area contributed by atoms with Crippen LogP contribution < -0.4 is 4.74 Å². The Morgan fingerprint density at radius 1 is 1.33 bits per heavy atom. The Hall–Kier alpha value is -2.38. The van der Waals surface area contributed by atoms with E-state index < -0.39 is 28.9 Å². The highest BCUT2D eigenvalue weighted by Crippen LogP contribution is 2.34. The van der Waals surface area contributed by atoms with Gasteiger partial charge in [0.1, 0.15) is 5.82 Å². The van der Waals surface area contributed by atoms with E-state index >= 15 is 0 Å². The zero-order chi connectivity index (χ0) is 15.8. The molecule has 0 aliphatic heterocycles. The minimum atomic E-state index is -4.77. The summed E-state index contributed by atoms with van der Waals surface area (Å²) in [6.07, 6.45) is -3.58. The van der Waals surface area contributed by atoms with Crippen molar-refractivity contribution in [3.05, 3.63) is 47.0 Å². The number of aromatic nitrogens is 2. The molecule has 0 aliphatic carbocycles. The van der Waals surface area contributed by atoms with Gasteiger partial charge in [-0.25, -0.2) is 4.39 Å². The maximum Gasteiger partial charge on any atom is 0.417 e. The summed E-state index contributed by atoms with van der Waals surface area (Å²) in [7, 11) is 2.63. The molecule has 0 unspecified atom stereocenters. The van der Waals surface area contributed by atoms with Gasteiger partial charge in [-0.3, -0.25) is 9.48 Å². The summed E-state index contributed by atoms with van der Waals surface area (Å²) in [5.74, 6) is -1.94. The van der Waals surface area contributed by atoms with Crippen LogP contribution in [0, 0.1) is 5.82 Å². The molecule has 2 aromatic rings. The highest BCUT2D eigenvalue weighted by atomic mass is 19.4. The summed E-state index contributed by atoms with van der Waals surface area (Å²) in [5, 5.41) is 3.74. The van der Waals surface area contributed by atoms with E-state index in [0.717, 1.165) is 4.68 Å². The molecular weight excluding hydrogens is 292 g/mol. The van der Waals surface area contributed by atoms with E-state index in [9.17, 15) is 22.4 Å². The number of hydrogen-bond acceptors (Lipinski definition) is 3. The Labute approximate surface area is 116 Å². The molecule has 8 heteroatoms. The first-order valence-electron chi connectivity index (χ1n) is 5.73. The van der Waals surface area contributed by atoms with E-state index in [4.69, 9.17) is 4.74 Å². The zero-order valence-corrected chi connectivity index (χ0v) is 11.0. The van der Waals surface area contributed by atoms with Gasteiger partial charge in [0.2, 0.25) is 5.78 Å². The topological polar surface area (TPSA) is 44.1 Å². The third kappa shape index (κ3) is 2.74. The molecule has 1 heterocycles. The maximum absolute atomic E-state index is 13.2. The van der Waals surface area contributed by atoms with Crippen molar-refractivity contribution >= 4 is 5.78 Å². The molecule has 0 bridgehead atoms. The molecule has 112 valence electrons. The van der Waals surface area contributed by atoms with Gasteiger partial charge in [0.25, 0.3) is 0 Å². The minimum absolute atomic E-state index is 0.0138. The van der Waals surface area contributed by atoms with Crippen LogP contribution in [-0.4, -0.2) is 22.7 Å². The molecule has 0 spiro atoms. The molecule has 0 N–H and O–H groups in total. The third-order valence-corrected chi connectivity index (χ3v) is 2.87. The van der Waals surface area contributed by atoms with Crippen molar-refractivity contribution in [2.24, 2.45) is 7.05 Å². The molecule has 0 saturated carbocycles. The van der Waals surface area contributed by atoms with Crippen molar-refractivity contribution in [2.75, 3.05) is 7.11 Å². The average molecular weight is 302 g/mol. The fourth-order valence-corrected chi connectivity index (χ4v) is 1.90. The number of alkyl halides is 3. The molecule has 21 heavy (non-hydrogen) atoms. The summed E-state index contributed by atoms with van der Waals surface area (Å²) < 4.78 is 58.0. The first-order valence-corrected chi connectivity index (χ1v) is 5.73. The number of aryl methyl sites for hydroxylation is 1. The Kier molecular flexibility index (Phi) is 3.71. The zero-order valence-electron chi connectivity index (χ0n) is 11.0. The van der Waals surface area contributed by atoms with Gasteiger partial charge in [-0.15, -0.1) is 0 Å². The molecule has 0 aliphatic rings. The lowest BCUT2D eigenvalue weighted by atomic mass is 10.0. The maximum atomic E-state index is 13.2. The van der Waals surface area contributed by atoms with Crippen LogP contribution in [0.2, 0.25) is 0 Å². The van der Waals surface area contributed by atoms with Crippen LogP contribution in [0.25, 0.3) is 0 Å². The van der Waals surface area contributed by atoms with Crippen LogP contribution in [0.4, 0.5) is 17.6 Å². The van der Waals surface area contributed by atoms with Crippen molar-refractivity contribution in [1.29, 1.82) is 0 Å². The van der Waals surface area contributed by atoms with Crippen LogP contribution in [0.3, 0.4) is 0 Å². The Morgan fingerprint density at radius 2 is 2.00 bits per heavy atom. The van der Waals surface area contributed by atoms with Gasteiger partial charge in [-0.1, -0.05) is 0 Å². The number of ether oxygens (including phenoxy) is 1. The molecular formula is C13H10F4N2O2. The lowest BCUT2D eigenvalue weighted by Gasteiger charge is -2.12. The fourth-order valence-electron chi connectivity index (χ4n) is 1.90. The Morgan fingerprint density at radius 3 is 2.57 bits per heavy atom. The second kappa shape index (κ2) is 5.19. The number of rotatable bonds is 3. The number of methoxy groups -OCH3 is 1. The number of hydrogen-bond donors (Lipinski definition) is 0. The van der Waals surface area contributed by atoms with Crippen molar-refractivity contribution in [2.45, 2.75) is 6.18 Å². The molecule has 2 rings (SSSR count). The van der Waals surface area contributed by atoms with E-state index in [1.165, 1.54) is 20.4 Å². The normalized spacial score (nSPS) is 11.5. The third-order valence-electron chi connectivity index (χ3n) is 2.87. The van der Waals surface area contributed by atoms with E-state index in [2.05, 4.69) is 5.10 Å². The monoisotopic (exact) mass is 302 g/mol. The van der Waals surface area contributed by atoms with E-state index in [-0.39, 0.29) is 11.4 Å². The van der Waals surface area contributed by atoms with Crippen molar-refractivity contribution in [3.8, 4) is 5.75 Å². The standard InChI is InChI=1S/C13H10F4N2O2/c1-19-11(10(21-2)6-18-19)12(20)8-5-7(14)3-4-9(8)13(15,16)17/h3-6H,1-2H3. The molecule has 1 aromatic carbocycles. The number of benzene rings is 1. The first-order chi connectivity index (χ1) is 9.75. The molecule has 0 fully saturated rings. The predicted octanol–water partition coefficient (Wildman–Crippen LogP) is 2.82. The summed E-state index contributed by atoms with van der Waals surface area (Å²) >= 11 is 0.